The second-order valence-corrected chi connectivity index (χ2v) is 7.69. The molecule has 0 saturated carbocycles. The fourth-order valence-electron chi connectivity index (χ4n) is 3.34. The van der Waals surface area contributed by atoms with Crippen molar-refractivity contribution in [1.29, 1.82) is 0 Å². The summed E-state index contributed by atoms with van der Waals surface area (Å²) in [6.45, 7) is 5.36. The molecule has 0 aliphatic heterocycles. The van der Waals surface area contributed by atoms with Crippen LogP contribution in [0.25, 0.3) is 11.0 Å². The van der Waals surface area contributed by atoms with Crippen LogP contribution in [0.3, 0.4) is 0 Å². The van der Waals surface area contributed by atoms with Gasteiger partial charge < -0.3 is 19.2 Å². The van der Waals surface area contributed by atoms with E-state index < -0.39 is 18.0 Å². The third-order valence-corrected chi connectivity index (χ3v) is 4.96. The number of benzene rings is 2. The van der Waals surface area contributed by atoms with Crippen LogP contribution in [0, 0.1) is 5.92 Å². The molecule has 2 aromatic carbocycles. The molecule has 1 N–H and O–H groups in total. The second-order valence-electron chi connectivity index (χ2n) is 7.69. The third-order valence-electron chi connectivity index (χ3n) is 4.96. The predicted molar refractivity (Wildman–Crippen MR) is 119 cm³/mol. The van der Waals surface area contributed by atoms with Crippen molar-refractivity contribution in [2.45, 2.75) is 39.8 Å². The number of rotatable bonds is 9. The first-order valence-corrected chi connectivity index (χ1v) is 10.6. The van der Waals surface area contributed by atoms with Crippen LogP contribution in [0.5, 0.6) is 0 Å². The van der Waals surface area contributed by atoms with E-state index in [0.717, 1.165) is 5.56 Å². The van der Waals surface area contributed by atoms with Crippen molar-refractivity contribution >= 4 is 28.8 Å². The van der Waals surface area contributed by atoms with Crippen molar-refractivity contribution in [3.8, 4) is 0 Å². The van der Waals surface area contributed by atoms with Crippen LogP contribution in [0.4, 0.5) is 0 Å². The van der Waals surface area contributed by atoms with Gasteiger partial charge in [0.15, 0.2) is 0 Å². The molecule has 1 aromatic heterocycles. The van der Waals surface area contributed by atoms with Gasteiger partial charge in [0.1, 0.15) is 18.2 Å². The first kappa shape index (κ1) is 23.1. The van der Waals surface area contributed by atoms with Crippen molar-refractivity contribution < 1.29 is 28.3 Å². The molecule has 3 rings (SSSR count). The number of furan rings is 1. The summed E-state index contributed by atoms with van der Waals surface area (Å²) in [5, 5.41) is 3.43. The van der Waals surface area contributed by atoms with E-state index in [0.29, 0.717) is 16.5 Å². The van der Waals surface area contributed by atoms with E-state index in [1.54, 1.807) is 31.2 Å². The molecule has 0 bridgehead atoms. The van der Waals surface area contributed by atoms with E-state index >= 15 is 0 Å². The molecule has 0 saturated heterocycles. The van der Waals surface area contributed by atoms with Crippen molar-refractivity contribution in [2.75, 3.05) is 6.61 Å². The Morgan fingerprint density at radius 2 is 1.66 bits per heavy atom. The average Bonchev–Trinajstić information content (AvgIpc) is 3.15. The van der Waals surface area contributed by atoms with E-state index in [1.165, 1.54) is 0 Å². The van der Waals surface area contributed by atoms with Gasteiger partial charge in [0.25, 0.3) is 0 Å². The number of amides is 1. The Kier molecular flexibility index (Phi) is 7.65. The number of hydrogen-bond donors (Lipinski definition) is 1. The number of carbonyl (C=O) groups is 3. The molecular formula is C25H27NO6. The second kappa shape index (κ2) is 10.6. The maximum atomic E-state index is 12.8. The number of fused-ring (bicyclic) bond motifs is 1. The van der Waals surface area contributed by atoms with Gasteiger partial charge in [0.05, 0.1) is 18.6 Å². The average molecular weight is 437 g/mol. The summed E-state index contributed by atoms with van der Waals surface area (Å²) in [7, 11) is 0. The van der Waals surface area contributed by atoms with Crippen LogP contribution < -0.4 is 5.32 Å². The van der Waals surface area contributed by atoms with Crippen LogP contribution in [0.2, 0.25) is 0 Å². The summed E-state index contributed by atoms with van der Waals surface area (Å²) >= 11 is 0. The Labute approximate surface area is 186 Å². The number of carbonyl (C=O) groups excluding carboxylic acids is 3. The molecule has 0 aliphatic rings. The van der Waals surface area contributed by atoms with Gasteiger partial charge in [-0.25, -0.2) is 9.59 Å². The van der Waals surface area contributed by atoms with Crippen molar-refractivity contribution in [3.63, 3.8) is 0 Å². The molecule has 168 valence electrons. The zero-order valence-corrected chi connectivity index (χ0v) is 18.4. The minimum Gasteiger partial charge on any atom is -0.460 e. The standard InChI is InChI=1S/C25H27NO6/c1-4-30-25(29)23-19(18-12-8-9-13-20(18)32-23)15-31-24(28)22(16(2)3)26-21(27)14-17-10-6-5-7-11-17/h5-13,16,22H,4,14-15H2,1-3H3,(H,26,27)/t22-/m1/s1. The monoisotopic (exact) mass is 437 g/mol. The largest absolute Gasteiger partial charge is 0.460 e. The summed E-state index contributed by atoms with van der Waals surface area (Å²) < 4.78 is 16.2. The summed E-state index contributed by atoms with van der Waals surface area (Å²) in [5.74, 6) is -1.65. The van der Waals surface area contributed by atoms with Crippen LogP contribution in [0.1, 0.15) is 42.5 Å². The van der Waals surface area contributed by atoms with Gasteiger partial charge in [-0.05, 0) is 24.5 Å². The first-order valence-electron chi connectivity index (χ1n) is 10.6. The fourth-order valence-corrected chi connectivity index (χ4v) is 3.34. The van der Waals surface area contributed by atoms with E-state index in [9.17, 15) is 14.4 Å². The zero-order chi connectivity index (χ0) is 23.1. The lowest BCUT2D eigenvalue weighted by Crippen LogP contribution is -2.45. The van der Waals surface area contributed by atoms with Gasteiger partial charge in [-0.15, -0.1) is 0 Å². The van der Waals surface area contributed by atoms with Gasteiger partial charge in [-0.2, -0.15) is 0 Å². The quantitative estimate of drug-likeness (QED) is 0.508. The number of esters is 2. The minimum absolute atomic E-state index is 0.00931. The van der Waals surface area contributed by atoms with Gasteiger partial charge >= 0.3 is 11.9 Å². The normalized spacial score (nSPS) is 11.9. The Balaban J connectivity index is 1.72. The molecule has 7 nitrogen and oxygen atoms in total. The lowest BCUT2D eigenvalue weighted by atomic mass is 10.0. The number of para-hydroxylation sites is 1. The van der Waals surface area contributed by atoms with Gasteiger partial charge in [0, 0.05) is 5.39 Å². The predicted octanol–water partition coefficient (Wildman–Crippen LogP) is 4.04. The molecular weight excluding hydrogens is 410 g/mol. The minimum atomic E-state index is -0.824. The molecule has 1 atom stereocenters. The van der Waals surface area contributed by atoms with Gasteiger partial charge in [0.2, 0.25) is 11.7 Å². The third kappa shape index (κ3) is 5.55. The molecule has 0 aliphatic carbocycles. The van der Waals surface area contributed by atoms with Crippen molar-refractivity contribution in [2.24, 2.45) is 5.92 Å². The highest BCUT2D eigenvalue weighted by atomic mass is 16.5. The maximum absolute atomic E-state index is 12.8. The van der Waals surface area contributed by atoms with E-state index in [2.05, 4.69) is 5.32 Å². The Morgan fingerprint density at radius 1 is 0.969 bits per heavy atom. The number of ether oxygens (including phenoxy) is 2. The SMILES string of the molecule is CCOC(=O)c1oc2ccccc2c1COC(=O)[C@H](NC(=O)Cc1ccccc1)C(C)C. The Bertz CT molecular complexity index is 1090. The smallest absolute Gasteiger partial charge is 0.374 e. The van der Waals surface area contributed by atoms with Crippen molar-refractivity contribution in [1.82, 2.24) is 5.32 Å². The zero-order valence-electron chi connectivity index (χ0n) is 18.4. The van der Waals surface area contributed by atoms with Gasteiger partial charge in [-0.1, -0.05) is 62.4 Å². The molecule has 0 radical (unpaired) electrons. The topological polar surface area (TPSA) is 94.8 Å². The number of hydrogen-bond acceptors (Lipinski definition) is 6. The van der Waals surface area contributed by atoms with E-state index in [4.69, 9.17) is 13.9 Å². The Hall–Kier alpha value is -3.61. The summed E-state index contributed by atoms with van der Waals surface area (Å²) in [6.07, 6.45) is 0.163. The molecule has 7 heteroatoms. The molecule has 1 amide bonds. The molecule has 0 spiro atoms. The summed E-state index contributed by atoms with van der Waals surface area (Å²) in [6, 6.07) is 15.6. The fraction of sp³-hybridized carbons (Fsp3) is 0.320. The highest BCUT2D eigenvalue weighted by Gasteiger charge is 2.28. The van der Waals surface area contributed by atoms with Crippen LogP contribution >= 0.6 is 0 Å². The van der Waals surface area contributed by atoms with Crippen LogP contribution in [0.15, 0.2) is 59.0 Å². The highest BCUT2D eigenvalue weighted by molar-refractivity contribution is 5.96. The molecule has 3 aromatic rings. The van der Waals surface area contributed by atoms with Gasteiger partial charge in [-0.3, -0.25) is 4.79 Å². The van der Waals surface area contributed by atoms with E-state index in [-0.39, 0.29) is 37.2 Å². The van der Waals surface area contributed by atoms with Crippen LogP contribution in [-0.2, 0) is 32.1 Å². The number of nitrogens with one attached hydrogen (secondary N) is 1. The van der Waals surface area contributed by atoms with Crippen LogP contribution in [-0.4, -0.2) is 30.5 Å². The maximum Gasteiger partial charge on any atom is 0.374 e. The molecule has 32 heavy (non-hydrogen) atoms. The molecule has 0 fully saturated rings. The van der Waals surface area contributed by atoms with E-state index in [1.807, 2.05) is 44.2 Å². The first-order chi connectivity index (χ1) is 15.4. The Morgan fingerprint density at radius 3 is 2.34 bits per heavy atom. The highest BCUT2D eigenvalue weighted by Crippen LogP contribution is 2.27. The lowest BCUT2D eigenvalue weighted by Gasteiger charge is -2.21. The lowest BCUT2D eigenvalue weighted by molar-refractivity contribution is -0.150. The van der Waals surface area contributed by atoms with Crippen molar-refractivity contribution in [3.05, 3.63) is 71.5 Å². The summed E-state index contributed by atoms with van der Waals surface area (Å²) in [5.41, 5.74) is 1.79. The summed E-state index contributed by atoms with van der Waals surface area (Å²) in [4.78, 5) is 37.6. The molecule has 1 heterocycles. The molecule has 0 unspecified atom stereocenters.